The predicted molar refractivity (Wildman–Crippen MR) is 80.0 cm³/mol. The van der Waals surface area contributed by atoms with Gasteiger partial charge in [-0.25, -0.2) is 14.8 Å². The Morgan fingerprint density at radius 1 is 1.35 bits per heavy atom. The fourth-order valence-corrected chi connectivity index (χ4v) is 3.17. The first-order valence-electron chi connectivity index (χ1n) is 5.78. The molecule has 0 saturated carbocycles. The number of thioether (sulfide) groups is 1. The van der Waals surface area contributed by atoms with Crippen LogP contribution in [0, 0.1) is 13.8 Å². The molecule has 2 heterocycles. The van der Waals surface area contributed by atoms with Crippen LogP contribution in [0.5, 0.6) is 0 Å². The summed E-state index contributed by atoms with van der Waals surface area (Å²) in [6.07, 6.45) is 3.45. The van der Waals surface area contributed by atoms with Gasteiger partial charge in [-0.2, -0.15) is 0 Å². The van der Waals surface area contributed by atoms with E-state index in [4.69, 9.17) is 0 Å². The van der Waals surface area contributed by atoms with Crippen molar-refractivity contribution >= 4 is 33.7 Å². The van der Waals surface area contributed by atoms with Gasteiger partial charge in [0.2, 0.25) is 0 Å². The number of aromatic nitrogens is 3. The number of halogens is 1. The van der Waals surface area contributed by atoms with E-state index < -0.39 is 5.97 Å². The largest absolute Gasteiger partial charge is 0.478 e. The second-order valence-electron chi connectivity index (χ2n) is 4.14. The first-order valence-corrected chi connectivity index (χ1v) is 7.56. The Morgan fingerprint density at radius 2 is 2.10 bits per heavy atom. The zero-order valence-corrected chi connectivity index (χ0v) is 13.3. The summed E-state index contributed by atoms with van der Waals surface area (Å²) in [4.78, 5) is 23.7. The zero-order valence-electron chi connectivity index (χ0n) is 10.9. The summed E-state index contributed by atoms with van der Waals surface area (Å²) in [5, 5.41) is 9.75. The van der Waals surface area contributed by atoms with Gasteiger partial charge in [0.05, 0.1) is 5.69 Å². The van der Waals surface area contributed by atoms with Crippen LogP contribution >= 0.6 is 27.7 Å². The summed E-state index contributed by atoms with van der Waals surface area (Å²) >= 11 is 4.73. The van der Waals surface area contributed by atoms with Gasteiger partial charge in [0.25, 0.3) is 0 Å². The van der Waals surface area contributed by atoms with E-state index in [1.165, 1.54) is 11.8 Å². The van der Waals surface area contributed by atoms with Gasteiger partial charge in [-0.15, -0.1) is 11.8 Å². The lowest BCUT2D eigenvalue weighted by atomic mass is 10.2. The number of carbonyl (C=O) groups is 1. The molecule has 7 heteroatoms. The Hall–Kier alpha value is -1.47. The summed E-state index contributed by atoms with van der Waals surface area (Å²) in [5.74, 6) is 0.169. The van der Waals surface area contributed by atoms with E-state index in [0.717, 1.165) is 10.0 Å². The molecule has 0 spiro atoms. The van der Waals surface area contributed by atoms with Crippen LogP contribution in [0.15, 0.2) is 28.0 Å². The SMILES string of the molecule is Cc1nc(C)c(C(=O)O)c(SCc2cncc(Br)c2)n1. The highest BCUT2D eigenvalue weighted by atomic mass is 79.9. The van der Waals surface area contributed by atoms with E-state index in [1.54, 1.807) is 26.2 Å². The monoisotopic (exact) mass is 353 g/mol. The molecule has 0 saturated heterocycles. The minimum Gasteiger partial charge on any atom is -0.478 e. The van der Waals surface area contributed by atoms with Crippen molar-refractivity contribution in [1.29, 1.82) is 0 Å². The standard InChI is InChI=1S/C13H12BrN3O2S/c1-7-11(13(18)19)12(17-8(2)16-7)20-6-9-3-10(14)5-15-4-9/h3-5H,6H2,1-2H3,(H,18,19). The third kappa shape index (κ3) is 3.55. The summed E-state index contributed by atoms with van der Waals surface area (Å²) in [7, 11) is 0. The molecule has 20 heavy (non-hydrogen) atoms. The van der Waals surface area contributed by atoms with E-state index in [2.05, 4.69) is 30.9 Å². The lowest BCUT2D eigenvalue weighted by molar-refractivity contribution is 0.0690. The number of nitrogens with zero attached hydrogens (tertiary/aromatic N) is 3. The molecule has 0 atom stereocenters. The summed E-state index contributed by atoms with van der Waals surface area (Å²) < 4.78 is 0.893. The summed E-state index contributed by atoms with van der Waals surface area (Å²) in [6.45, 7) is 3.44. The minimum absolute atomic E-state index is 0.170. The normalized spacial score (nSPS) is 10.6. The van der Waals surface area contributed by atoms with Crippen molar-refractivity contribution in [3.8, 4) is 0 Å². The Labute approximate surface area is 129 Å². The van der Waals surface area contributed by atoms with Crippen LogP contribution in [0.3, 0.4) is 0 Å². The number of carboxylic acid groups (broad SMARTS) is 1. The van der Waals surface area contributed by atoms with Crippen molar-refractivity contribution in [3.05, 3.63) is 45.6 Å². The Balaban J connectivity index is 2.27. The Kier molecular flexibility index (Phi) is 4.72. The van der Waals surface area contributed by atoms with Gasteiger partial charge >= 0.3 is 5.97 Å². The molecule has 0 aliphatic heterocycles. The van der Waals surface area contributed by atoms with Gasteiger partial charge in [0, 0.05) is 22.6 Å². The van der Waals surface area contributed by atoms with Gasteiger partial charge in [0.15, 0.2) is 0 Å². The minimum atomic E-state index is -1.00. The van der Waals surface area contributed by atoms with Crippen LogP contribution in [-0.4, -0.2) is 26.0 Å². The Morgan fingerprint density at radius 3 is 2.75 bits per heavy atom. The highest BCUT2D eigenvalue weighted by Crippen LogP contribution is 2.26. The van der Waals surface area contributed by atoms with E-state index in [-0.39, 0.29) is 5.56 Å². The van der Waals surface area contributed by atoms with E-state index in [1.807, 2.05) is 6.07 Å². The average molecular weight is 354 g/mol. The topological polar surface area (TPSA) is 76.0 Å². The van der Waals surface area contributed by atoms with Crippen molar-refractivity contribution in [1.82, 2.24) is 15.0 Å². The second kappa shape index (κ2) is 6.32. The highest BCUT2D eigenvalue weighted by molar-refractivity contribution is 9.10. The predicted octanol–water partition coefficient (Wildman–Crippen LogP) is 3.24. The van der Waals surface area contributed by atoms with Crippen LogP contribution < -0.4 is 0 Å². The molecule has 2 aromatic heterocycles. The maximum atomic E-state index is 11.3. The molecule has 1 N–H and O–H groups in total. The lowest BCUT2D eigenvalue weighted by Gasteiger charge is -2.08. The lowest BCUT2D eigenvalue weighted by Crippen LogP contribution is -2.08. The van der Waals surface area contributed by atoms with Crippen LogP contribution in [0.2, 0.25) is 0 Å². The molecule has 0 aromatic carbocycles. The molecule has 2 aromatic rings. The second-order valence-corrected chi connectivity index (χ2v) is 6.02. The number of aromatic carboxylic acids is 1. The van der Waals surface area contributed by atoms with Gasteiger partial charge in [-0.3, -0.25) is 4.98 Å². The van der Waals surface area contributed by atoms with Crippen molar-refractivity contribution in [2.24, 2.45) is 0 Å². The molecule has 0 amide bonds. The number of hydrogen-bond donors (Lipinski definition) is 1. The summed E-state index contributed by atoms with van der Waals surface area (Å²) in [5.41, 5.74) is 1.65. The van der Waals surface area contributed by atoms with Gasteiger partial charge < -0.3 is 5.11 Å². The first kappa shape index (κ1) is 14.9. The molecular weight excluding hydrogens is 342 g/mol. The first-order chi connectivity index (χ1) is 9.47. The maximum Gasteiger partial charge on any atom is 0.340 e. The molecular formula is C13H12BrN3O2S. The van der Waals surface area contributed by atoms with E-state index >= 15 is 0 Å². The zero-order chi connectivity index (χ0) is 14.7. The van der Waals surface area contributed by atoms with E-state index in [0.29, 0.717) is 22.3 Å². The van der Waals surface area contributed by atoms with Crippen molar-refractivity contribution in [3.63, 3.8) is 0 Å². The third-order valence-electron chi connectivity index (χ3n) is 2.52. The van der Waals surface area contributed by atoms with Crippen molar-refractivity contribution in [2.75, 3.05) is 0 Å². The summed E-state index contributed by atoms with van der Waals surface area (Å²) in [6, 6.07) is 1.95. The van der Waals surface area contributed by atoms with Crippen molar-refractivity contribution in [2.45, 2.75) is 24.6 Å². The fourth-order valence-electron chi connectivity index (χ4n) is 1.72. The van der Waals surface area contributed by atoms with Crippen LogP contribution in [0.4, 0.5) is 0 Å². The molecule has 0 radical (unpaired) electrons. The molecule has 0 unspecified atom stereocenters. The average Bonchev–Trinajstić information content (AvgIpc) is 2.35. The van der Waals surface area contributed by atoms with Crippen LogP contribution in [-0.2, 0) is 5.75 Å². The van der Waals surface area contributed by atoms with Crippen LogP contribution in [0.1, 0.15) is 27.4 Å². The quantitative estimate of drug-likeness (QED) is 0.671. The highest BCUT2D eigenvalue weighted by Gasteiger charge is 2.17. The van der Waals surface area contributed by atoms with Crippen LogP contribution in [0.25, 0.3) is 0 Å². The third-order valence-corrected chi connectivity index (χ3v) is 4.00. The smallest absolute Gasteiger partial charge is 0.340 e. The molecule has 0 aliphatic carbocycles. The maximum absolute atomic E-state index is 11.3. The number of aryl methyl sites for hydroxylation is 2. The molecule has 0 bridgehead atoms. The van der Waals surface area contributed by atoms with E-state index in [9.17, 15) is 9.90 Å². The van der Waals surface area contributed by atoms with Crippen molar-refractivity contribution < 1.29 is 9.90 Å². The molecule has 104 valence electrons. The molecule has 5 nitrogen and oxygen atoms in total. The Bertz CT molecular complexity index is 664. The number of hydrogen-bond acceptors (Lipinski definition) is 5. The van der Waals surface area contributed by atoms with Gasteiger partial charge in [-0.05, 0) is 41.4 Å². The molecule has 0 aliphatic rings. The molecule has 0 fully saturated rings. The molecule has 2 rings (SSSR count). The number of rotatable bonds is 4. The number of pyridine rings is 1. The van der Waals surface area contributed by atoms with Gasteiger partial charge in [0.1, 0.15) is 16.4 Å². The fraction of sp³-hybridized carbons (Fsp3) is 0.231. The number of carboxylic acids is 1. The van der Waals surface area contributed by atoms with Gasteiger partial charge in [-0.1, -0.05) is 0 Å².